The molecule has 94 valence electrons. The number of hydrogen-bond donors (Lipinski definition) is 0. The first-order chi connectivity index (χ1) is 9.31. The lowest BCUT2D eigenvalue weighted by atomic mass is 10.2. The van der Waals surface area contributed by atoms with Crippen LogP contribution in [0, 0.1) is 0 Å². The molecule has 1 saturated carbocycles. The fraction of sp³-hybridized carbons (Fsp3) is 0.214. The van der Waals surface area contributed by atoms with Crippen molar-refractivity contribution in [1.29, 1.82) is 0 Å². The van der Waals surface area contributed by atoms with E-state index in [0.29, 0.717) is 11.1 Å². The molecule has 0 saturated heterocycles. The Morgan fingerprint density at radius 3 is 2.95 bits per heavy atom. The standard InChI is InChI=1S/C14H11ClN4/c15-12-8-10(17-14(18-12)9-4-5-9)11-2-1-3-13-16-6-7-19(11)13/h1-3,6-9H,4-5H2. The van der Waals surface area contributed by atoms with Crippen LogP contribution in [0.3, 0.4) is 0 Å². The second kappa shape index (κ2) is 4.03. The summed E-state index contributed by atoms with van der Waals surface area (Å²) in [7, 11) is 0. The highest BCUT2D eigenvalue weighted by atomic mass is 35.5. The quantitative estimate of drug-likeness (QED) is 0.671. The van der Waals surface area contributed by atoms with Crippen LogP contribution in [0.4, 0.5) is 0 Å². The number of halogens is 1. The van der Waals surface area contributed by atoms with Crippen LogP contribution in [0.15, 0.2) is 36.7 Å². The molecule has 1 fully saturated rings. The normalized spacial score (nSPS) is 15.0. The van der Waals surface area contributed by atoms with Crippen molar-refractivity contribution < 1.29 is 0 Å². The van der Waals surface area contributed by atoms with Gasteiger partial charge in [0.1, 0.15) is 16.6 Å². The van der Waals surface area contributed by atoms with E-state index in [1.54, 1.807) is 6.20 Å². The maximum atomic E-state index is 6.12. The zero-order valence-corrected chi connectivity index (χ0v) is 10.9. The van der Waals surface area contributed by atoms with Crippen LogP contribution in [0.25, 0.3) is 17.0 Å². The Morgan fingerprint density at radius 2 is 2.11 bits per heavy atom. The Labute approximate surface area is 115 Å². The van der Waals surface area contributed by atoms with Crippen LogP contribution in [-0.2, 0) is 0 Å². The van der Waals surface area contributed by atoms with Gasteiger partial charge in [-0.25, -0.2) is 15.0 Å². The van der Waals surface area contributed by atoms with Crippen LogP contribution >= 0.6 is 11.6 Å². The minimum absolute atomic E-state index is 0.486. The molecule has 0 radical (unpaired) electrons. The second-order valence-corrected chi connectivity index (χ2v) is 5.16. The van der Waals surface area contributed by atoms with Crippen molar-refractivity contribution in [3.8, 4) is 11.4 Å². The molecule has 19 heavy (non-hydrogen) atoms. The van der Waals surface area contributed by atoms with Gasteiger partial charge < -0.3 is 0 Å². The van der Waals surface area contributed by atoms with Crippen molar-refractivity contribution in [3.05, 3.63) is 47.6 Å². The molecule has 0 amide bonds. The summed E-state index contributed by atoms with van der Waals surface area (Å²) in [5, 5.41) is 0.504. The van der Waals surface area contributed by atoms with Gasteiger partial charge in [-0.1, -0.05) is 17.7 Å². The first-order valence-corrected chi connectivity index (χ1v) is 6.66. The summed E-state index contributed by atoms with van der Waals surface area (Å²) in [4.78, 5) is 13.3. The molecule has 0 bridgehead atoms. The molecule has 1 aliphatic carbocycles. The molecule has 0 spiro atoms. The Hall–Kier alpha value is -1.94. The molecule has 0 N–H and O–H groups in total. The lowest BCUT2D eigenvalue weighted by Crippen LogP contribution is -1.98. The van der Waals surface area contributed by atoms with Gasteiger partial charge in [0, 0.05) is 24.4 Å². The van der Waals surface area contributed by atoms with Crippen molar-refractivity contribution in [2.45, 2.75) is 18.8 Å². The minimum Gasteiger partial charge on any atom is -0.298 e. The van der Waals surface area contributed by atoms with E-state index in [1.807, 2.05) is 34.9 Å². The topological polar surface area (TPSA) is 43.1 Å². The molecule has 4 nitrogen and oxygen atoms in total. The molecule has 3 aromatic rings. The van der Waals surface area contributed by atoms with Gasteiger partial charge >= 0.3 is 0 Å². The average molecular weight is 271 g/mol. The third-order valence-corrected chi connectivity index (χ3v) is 3.54. The number of rotatable bonds is 2. The smallest absolute Gasteiger partial charge is 0.137 e. The molecular formula is C14H11ClN4. The van der Waals surface area contributed by atoms with Gasteiger partial charge in [0.2, 0.25) is 0 Å². The van der Waals surface area contributed by atoms with Crippen LogP contribution in [-0.4, -0.2) is 19.4 Å². The molecule has 3 aromatic heterocycles. The summed E-state index contributed by atoms with van der Waals surface area (Å²) in [5.41, 5.74) is 2.74. The maximum Gasteiger partial charge on any atom is 0.137 e. The van der Waals surface area contributed by atoms with Crippen molar-refractivity contribution in [2.24, 2.45) is 0 Å². The first kappa shape index (κ1) is 10.9. The lowest BCUT2D eigenvalue weighted by molar-refractivity contribution is 0.926. The van der Waals surface area contributed by atoms with E-state index in [-0.39, 0.29) is 0 Å². The van der Waals surface area contributed by atoms with Crippen LogP contribution < -0.4 is 0 Å². The minimum atomic E-state index is 0.486. The molecule has 0 unspecified atom stereocenters. The summed E-state index contributed by atoms with van der Waals surface area (Å²) in [5.74, 6) is 1.35. The third kappa shape index (κ3) is 1.88. The molecule has 0 atom stereocenters. The summed E-state index contributed by atoms with van der Waals surface area (Å²) in [6.07, 6.45) is 6.03. The van der Waals surface area contributed by atoms with Crippen molar-refractivity contribution >= 4 is 17.2 Å². The number of aromatic nitrogens is 4. The zero-order chi connectivity index (χ0) is 12.8. The molecular weight excluding hydrogens is 260 g/mol. The molecule has 0 aliphatic heterocycles. The second-order valence-electron chi connectivity index (χ2n) is 4.77. The highest BCUT2D eigenvalue weighted by molar-refractivity contribution is 6.29. The Kier molecular flexibility index (Phi) is 2.32. The van der Waals surface area contributed by atoms with Gasteiger partial charge in [0.05, 0.1) is 11.4 Å². The number of imidazole rings is 1. The highest BCUT2D eigenvalue weighted by Crippen LogP contribution is 2.39. The Morgan fingerprint density at radius 1 is 1.21 bits per heavy atom. The van der Waals surface area contributed by atoms with E-state index < -0.39 is 0 Å². The third-order valence-electron chi connectivity index (χ3n) is 3.35. The molecule has 5 heteroatoms. The van der Waals surface area contributed by atoms with E-state index >= 15 is 0 Å². The van der Waals surface area contributed by atoms with Crippen molar-refractivity contribution in [2.75, 3.05) is 0 Å². The Balaban J connectivity index is 1.93. The molecule has 0 aromatic carbocycles. The van der Waals surface area contributed by atoms with Crippen molar-refractivity contribution in [1.82, 2.24) is 19.4 Å². The van der Waals surface area contributed by atoms with Crippen molar-refractivity contribution in [3.63, 3.8) is 0 Å². The number of fused-ring (bicyclic) bond motifs is 1. The number of hydrogen-bond acceptors (Lipinski definition) is 3. The van der Waals surface area contributed by atoms with E-state index in [2.05, 4.69) is 15.0 Å². The summed E-state index contributed by atoms with van der Waals surface area (Å²) >= 11 is 6.12. The monoisotopic (exact) mass is 270 g/mol. The predicted molar refractivity (Wildman–Crippen MR) is 73.2 cm³/mol. The summed E-state index contributed by atoms with van der Waals surface area (Å²) in [6.45, 7) is 0. The van der Waals surface area contributed by atoms with Gasteiger partial charge in [0.25, 0.3) is 0 Å². The van der Waals surface area contributed by atoms with Gasteiger partial charge in [-0.15, -0.1) is 0 Å². The largest absolute Gasteiger partial charge is 0.298 e. The van der Waals surface area contributed by atoms with E-state index in [4.69, 9.17) is 11.6 Å². The average Bonchev–Trinajstić information content (AvgIpc) is 3.15. The van der Waals surface area contributed by atoms with Gasteiger partial charge in [-0.2, -0.15) is 0 Å². The SMILES string of the molecule is Clc1cc(-c2cccc3nccn23)nc(C2CC2)n1. The fourth-order valence-electron chi connectivity index (χ4n) is 2.25. The highest BCUT2D eigenvalue weighted by Gasteiger charge is 2.27. The summed E-state index contributed by atoms with van der Waals surface area (Å²) < 4.78 is 2.01. The van der Waals surface area contributed by atoms with E-state index in [9.17, 15) is 0 Å². The lowest BCUT2D eigenvalue weighted by Gasteiger charge is -2.07. The van der Waals surface area contributed by atoms with Crippen LogP contribution in [0.5, 0.6) is 0 Å². The number of nitrogens with zero attached hydrogens (tertiary/aromatic N) is 4. The number of pyridine rings is 1. The molecule has 4 rings (SSSR count). The Bertz CT molecular complexity index is 761. The zero-order valence-electron chi connectivity index (χ0n) is 10.1. The summed E-state index contributed by atoms with van der Waals surface area (Å²) in [6, 6.07) is 7.77. The van der Waals surface area contributed by atoms with Crippen LogP contribution in [0.1, 0.15) is 24.6 Å². The predicted octanol–water partition coefficient (Wildman–Crippen LogP) is 3.32. The van der Waals surface area contributed by atoms with E-state index in [0.717, 1.165) is 35.7 Å². The first-order valence-electron chi connectivity index (χ1n) is 6.28. The van der Waals surface area contributed by atoms with Gasteiger partial charge in [0.15, 0.2) is 0 Å². The molecule has 1 aliphatic rings. The van der Waals surface area contributed by atoms with Gasteiger partial charge in [-0.3, -0.25) is 4.40 Å². The fourth-order valence-corrected chi connectivity index (χ4v) is 2.44. The van der Waals surface area contributed by atoms with Crippen LogP contribution in [0.2, 0.25) is 5.15 Å². The van der Waals surface area contributed by atoms with E-state index in [1.165, 1.54) is 0 Å². The maximum absolute atomic E-state index is 6.12. The molecule has 3 heterocycles. The van der Waals surface area contributed by atoms with Gasteiger partial charge in [-0.05, 0) is 25.0 Å².